The summed E-state index contributed by atoms with van der Waals surface area (Å²) in [4.78, 5) is 16.9. The fourth-order valence-corrected chi connectivity index (χ4v) is 3.57. The molecule has 136 valence electrons. The Morgan fingerprint density at radius 1 is 1.27 bits per heavy atom. The van der Waals surface area contributed by atoms with Crippen LogP contribution in [0.15, 0.2) is 41.4 Å². The van der Waals surface area contributed by atoms with Crippen LogP contribution in [0.25, 0.3) is 10.2 Å². The number of carbonyl (C=O) groups excluding carboxylic acids is 1. The van der Waals surface area contributed by atoms with Crippen molar-refractivity contribution in [3.8, 4) is 5.75 Å². The van der Waals surface area contributed by atoms with E-state index in [-0.39, 0.29) is 5.52 Å². The number of fused-ring (bicyclic) bond motifs is 1. The van der Waals surface area contributed by atoms with Gasteiger partial charge in [0.25, 0.3) is 5.91 Å². The van der Waals surface area contributed by atoms with Crippen LogP contribution in [-0.2, 0) is 7.05 Å². The summed E-state index contributed by atoms with van der Waals surface area (Å²) >= 11 is 1.06. The number of hydrogen-bond donors (Lipinski definition) is 0. The molecule has 0 saturated carbocycles. The van der Waals surface area contributed by atoms with E-state index in [0.717, 1.165) is 30.2 Å². The lowest BCUT2D eigenvalue weighted by molar-refractivity contribution is 0.0997. The van der Waals surface area contributed by atoms with Crippen LogP contribution < -0.4 is 9.54 Å². The Balaban J connectivity index is 1.94. The van der Waals surface area contributed by atoms with Gasteiger partial charge in [0.1, 0.15) is 11.6 Å². The summed E-state index contributed by atoms with van der Waals surface area (Å²) < 4.78 is 34.8. The number of hydrogen-bond acceptors (Lipinski definition) is 3. The molecule has 3 rings (SSSR count). The molecule has 0 unspecified atom stereocenters. The number of benzene rings is 2. The van der Waals surface area contributed by atoms with Crippen molar-refractivity contribution >= 4 is 27.5 Å². The molecule has 0 aliphatic rings. The highest BCUT2D eigenvalue weighted by Gasteiger charge is 2.12. The summed E-state index contributed by atoms with van der Waals surface area (Å²) in [6.07, 6.45) is 1.95. The van der Waals surface area contributed by atoms with Gasteiger partial charge in [-0.05, 0) is 30.7 Å². The lowest BCUT2D eigenvalue weighted by Crippen LogP contribution is -2.13. The van der Waals surface area contributed by atoms with E-state index in [9.17, 15) is 13.6 Å². The molecular formula is C19H18F2N2O2S. The third-order valence-corrected chi connectivity index (χ3v) is 4.94. The molecule has 1 aromatic heterocycles. The van der Waals surface area contributed by atoms with Crippen molar-refractivity contribution in [2.45, 2.75) is 19.8 Å². The largest absolute Gasteiger partial charge is 0.494 e. The zero-order chi connectivity index (χ0) is 18.7. The average Bonchev–Trinajstić information content (AvgIpc) is 2.91. The minimum Gasteiger partial charge on any atom is -0.494 e. The molecule has 1 amide bonds. The van der Waals surface area contributed by atoms with Crippen LogP contribution in [0.4, 0.5) is 8.78 Å². The average molecular weight is 376 g/mol. The highest BCUT2D eigenvalue weighted by Crippen LogP contribution is 2.21. The molecule has 0 aliphatic heterocycles. The molecule has 2 aromatic carbocycles. The van der Waals surface area contributed by atoms with Crippen LogP contribution in [0.2, 0.25) is 0 Å². The van der Waals surface area contributed by atoms with Crippen molar-refractivity contribution in [1.29, 1.82) is 0 Å². The number of halogens is 2. The monoisotopic (exact) mass is 376 g/mol. The van der Waals surface area contributed by atoms with Gasteiger partial charge in [0.05, 0.1) is 16.8 Å². The molecule has 1 heterocycles. The first kappa shape index (κ1) is 18.3. The fourth-order valence-electron chi connectivity index (χ4n) is 2.51. The molecule has 0 radical (unpaired) electrons. The number of ether oxygens (including phenoxy) is 1. The van der Waals surface area contributed by atoms with E-state index >= 15 is 0 Å². The molecule has 7 heteroatoms. The van der Waals surface area contributed by atoms with Crippen molar-refractivity contribution in [2.75, 3.05) is 6.61 Å². The molecule has 0 bridgehead atoms. The summed E-state index contributed by atoms with van der Waals surface area (Å²) in [5, 5.41) is 0. The SMILES string of the molecule is CCCCOc1cccc(C(=O)N=c2sc3cc(F)cc(F)c3n2C)c1. The summed E-state index contributed by atoms with van der Waals surface area (Å²) in [6, 6.07) is 8.84. The van der Waals surface area contributed by atoms with Gasteiger partial charge in [-0.3, -0.25) is 4.79 Å². The number of thiazole rings is 1. The Kier molecular flexibility index (Phi) is 5.46. The number of aryl methyl sites for hydroxylation is 1. The summed E-state index contributed by atoms with van der Waals surface area (Å²) in [5.74, 6) is -1.20. The van der Waals surface area contributed by atoms with Crippen LogP contribution in [0, 0.1) is 11.6 Å². The number of rotatable bonds is 5. The van der Waals surface area contributed by atoms with Crippen molar-refractivity contribution in [3.63, 3.8) is 0 Å². The Morgan fingerprint density at radius 3 is 2.85 bits per heavy atom. The van der Waals surface area contributed by atoms with E-state index in [1.54, 1.807) is 31.3 Å². The van der Waals surface area contributed by atoms with Gasteiger partial charge in [-0.1, -0.05) is 30.7 Å². The van der Waals surface area contributed by atoms with Gasteiger partial charge >= 0.3 is 0 Å². The molecule has 26 heavy (non-hydrogen) atoms. The van der Waals surface area contributed by atoms with Crippen molar-refractivity contribution < 1.29 is 18.3 Å². The van der Waals surface area contributed by atoms with Crippen molar-refractivity contribution in [3.05, 3.63) is 58.4 Å². The maximum atomic E-state index is 14.0. The van der Waals surface area contributed by atoms with E-state index in [4.69, 9.17) is 4.74 Å². The third-order valence-electron chi connectivity index (χ3n) is 3.86. The van der Waals surface area contributed by atoms with E-state index in [0.29, 0.717) is 27.4 Å². The number of aromatic nitrogens is 1. The van der Waals surface area contributed by atoms with Gasteiger partial charge in [0, 0.05) is 18.7 Å². The molecule has 4 nitrogen and oxygen atoms in total. The summed E-state index contributed by atoms with van der Waals surface area (Å²) in [5.41, 5.74) is 0.600. The first-order chi connectivity index (χ1) is 12.5. The number of unbranched alkanes of at least 4 members (excludes halogenated alkanes) is 1. The first-order valence-electron chi connectivity index (χ1n) is 8.26. The summed E-state index contributed by atoms with van der Waals surface area (Å²) in [6.45, 7) is 2.66. The molecule has 0 atom stereocenters. The second-order valence-electron chi connectivity index (χ2n) is 5.82. The number of carbonyl (C=O) groups is 1. The Bertz CT molecular complexity index is 1020. The standard InChI is InChI=1S/C19H18F2N2O2S/c1-3-4-8-25-14-7-5-6-12(9-14)18(24)22-19-23(2)17-15(21)10-13(20)11-16(17)26-19/h5-7,9-11H,3-4,8H2,1-2H3. The zero-order valence-corrected chi connectivity index (χ0v) is 15.3. The van der Waals surface area contributed by atoms with E-state index < -0.39 is 17.5 Å². The topological polar surface area (TPSA) is 43.6 Å². The molecule has 0 N–H and O–H groups in total. The van der Waals surface area contributed by atoms with Gasteiger partial charge in [-0.25, -0.2) is 8.78 Å². The molecule has 0 fully saturated rings. The molecule has 0 saturated heterocycles. The van der Waals surface area contributed by atoms with E-state index in [1.165, 1.54) is 10.6 Å². The van der Waals surface area contributed by atoms with Crippen LogP contribution in [0.5, 0.6) is 5.75 Å². The van der Waals surface area contributed by atoms with Crippen molar-refractivity contribution in [2.24, 2.45) is 12.0 Å². The van der Waals surface area contributed by atoms with Gasteiger partial charge < -0.3 is 9.30 Å². The highest BCUT2D eigenvalue weighted by molar-refractivity contribution is 7.16. The van der Waals surface area contributed by atoms with E-state index in [1.807, 2.05) is 0 Å². The highest BCUT2D eigenvalue weighted by atomic mass is 32.1. The van der Waals surface area contributed by atoms with Crippen LogP contribution in [-0.4, -0.2) is 17.1 Å². The summed E-state index contributed by atoms with van der Waals surface area (Å²) in [7, 11) is 1.59. The van der Waals surface area contributed by atoms with Gasteiger partial charge in [0.15, 0.2) is 10.6 Å². The van der Waals surface area contributed by atoms with Crippen molar-refractivity contribution in [1.82, 2.24) is 4.57 Å². The van der Waals surface area contributed by atoms with Crippen LogP contribution in [0.1, 0.15) is 30.1 Å². The predicted octanol–water partition coefficient (Wildman–Crippen LogP) is 4.44. The minimum atomic E-state index is -0.682. The second kappa shape index (κ2) is 7.78. The van der Waals surface area contributed by atoms with Gasteiger partial charge in [0.2, 0.25) is 0 Å². The third kappa shape index (κ3) is 3.83. The zero-order valence-electron chi connectivity index (χ0n) is 14.5. The lowest BCUT2D eigenvalue weighted by Gasteiger charge is -2.05. The number of nitrogens with zero attached hydrogens (tertiary/aromatic N) is 2. The quantitative estimate of drug-likeness (QED) is 0.618. The second-order valence-corrected chi connectivity index (χ2v) is 6.83. The molecule has 3 aromatic rings. The Hall–Kier alpha value is -2.54. The van der Waals surface area contributed by atoms with Gasteiger partial charge in [-0.15, -0.1) is 0 Å². The number of amides is 1. The smallest absolute Gasteiger partial charge is 0.279 e. The molecular weight excluding hydrogens is 358 g/mol. The maximum Gasteiger partial charge on any atom is 0.279 e. The van der Waals surface area contributed by atoms with Crippen LogP contribution in [0.3, 0.4) is 0 Å². The normalized spacial score (nSPS) is 11.9. The van der Waals surface area contributed by atoms with Gasteiger partial charge in [-0.2, -0.15) is 4.99 Å². The lowest BCUT2D eigenvalue weighted by atomic mass is 10.2. The Morgan fingerprint density at radius 2 is 2.08 bits per heavy atom. The maximum absolute atomic E-state index is 14.0. The molecule has 0 spiro atoms. The van der Waals surface area contributed by atoms with E-state index in [2.05, 4.69) is 11.9 Å². The Labute approximate surface area is 153 Å². The minimum absolute atomic E-state index is 0.222. The first-order valence-corrected chi connectivity index (χ1v) is 9.07. The fraction of sp³-hybridized carbons (Fsp3) is 0.263. The molecule has 0 aliphatic carbocycles. The predicted molar refractivity (Wildman–Crippen MR) is 97.5 cm³/mol. The van der Waals surface area contributed by atoms with Crippen LogP contribution >= 0.6 is 11.3 Å².